The second kappa shape index (κ2) is 5.00. The molecule has 1 heterocycles. The van der Waals surface area contributed by atoms with Crippen molar-refractivity contribution in [2.75, 3.05) is 5.32 Å². The molecule has 0 aliphatic heterocycles. The normalized spacial score (nSPS) is 10.4. The number of hydrogen-bond acceptors (Lipinski definition) is 3. The Morgan fingerprint density at radius 3 is 2.33 bits per heavy atom. The van der Waals surface area contributed by atoms with Crippen molar-refractivity contribution in [3.05, 3.63) is 49.9 Å². The predicted molar refractivity (Wildman–Crippen MR) is 74.1 cm³/mol. The summed E-state index contributed by atoms with van der Waals surface area (Å²) in [6.07, 6.45) is 0. The van der Waals surface area contributed by atoms with Crippen LogP contribution in [-0.4, -0.2) is 9.97 Å². The van der Waals surface area contributed by atoms with Crippen molar-refractivity contribution in [3.8, 4) is 0 Å². The lowest BCUT2D eigenvalue weighted by atomic mass is 10.3. The van der Waals surface area contributed by atoms with E-state index in [2.05, 4.69) is 15.3 Å². The summed E-state index contributed by atoms with van der Waals surface area (Å²) in [5, 5.41) is 3.98. The van der Waals surface area contributed by atoms with Gasteiger partial charge in [-0.2, -0.15) is 0 Å². The molecule has 0 amide bonds. The number of aromatic nitrogens is 2. The van der Waals surface area contributed by atoms with Crippen LogP contribution in [0, 0.1) is 13.8 Å². The Morgan fingerprint density at radius 1 is 1.17 bits per heavy atom. The van der Waals surface area contributed by atoms with Crippen molar-refractivity contribution in [1.29, 1.82) is 0 Å². The lowest BCUT2D eigenvalue weighted by Gasteiger charge is -2.08. The predicted octanol–water partition coefficient (Wildman–Crippen LogP) is 3.44. The first-order valence-corrected chi connectivity index (χ1v) is 6.02. The molecular formula is C12H11Cl2N3O. The first-order valence-electron chi connectivity index (χ1n) is 5.26. The average molecular weight is 284 g/mol. The first-order chi connectivity index (χ1) is 8.45. The number of aromatic amines is 1. The fourth-order valence-corrected chi connectivity index (χ4v) is 1.99. The zero-order valence-electron chi connectivity index (χ0n) is 9.84. The van der Waals surface area contributed by atoms with Crippen LogP contribution in [0.15, 0.2) is 23.0 Å². The number of aryl methyl sites for hydroxylation is 1. The Balaban J connectivity index is 2.37. The number of hydrogen-bond donors (Lipinski definition) is 2. The monoisotopic (exact) mass is 283 g/mol. The van der Waals surface area contributed by atoms with Gasteiger partial charge < -0.3 is 5.32 Å². The van der Waals surface area contributed by atoms with Gasteiger partial charge in [0.25, 0.3) is 5.56 Å². The van der Waals surface area contributed by atoms with Gasteiger partial charge in [0.05, 0.1) is 0 Å². The summed E-state index contributed by atoms with van der Waals surface area (Å²) in [5.41, 5.74) is 1.77. The third-order valence-electron chi connectivity index (χ3n) is 2.52. The van der Waals surface area contributed by atoms with E-state index in [9.17, 15) is 4.79 Å². The van der Waals surface area contributed by atoms with Gasteiger partial charge in [0, 0.05) is 27.0 Å². The fourth-order valence-electron chi connectivity index (χ4n) is 1.47. The van der Waals surface area contributed by atoms with Crippen LogP contribution in [0.1, 0.15) is 11.3 Å². The van der Waals surface area contributed by atoms with Crippen LogP contribution in [0.4, 0.5) is 11.6 Å². The van der Waals surface area contributed by atoms with Gasteiger partial charge in [-0.05, 0) is 32.0 Å². The fraction of sp³-hybridized carbons (Fsp3) is 0.167. The average Bonchev–Trinajstić information content (AvgIpc) is 2.24. The van der Waals surface area contributed by atoms with Crippen molar-refractivity contribution in [2.45, 2.75) is 13.8 Å². The maximum Gasteiger partial charge on any atom is 0.255 e. The topological polar surface area (TPSA) is 57.8 Å². The van der Waals surface area contributed by atoms with Crippen molar-refractivity contribution < 1.29 is 0 Å². The summed E-state index contributed by atoms with van der Waals surface area (Å²) in [4.78, 5) is 18.5. The molecule has 0 radical (unpaired) electrons. The van der Waals surface area contributed by atoms with E-state index in [0.29, 0.717) is 32.9 Å². The molecule has 2 rings (SSSR count). The minimum absolute atomic E-state index is 0.168. The zero-order valence-corrected chi connectivity index (χ0v) is 11.4. The lowest BCUT2D eigenvalue weighted by Crippen LogP contribution is -2.15. The molecule has 0 aliphatic rings. The van der Waals surface area contributed by atoms with Gasteiger partial charge in [0.15, 0.2) is 0 Å². The van der Waals surface area contributed by atoms with Gasteiger partial charge in [-0.25, -0.2) is 4.98 Å². The molecule has 0 fully saturated rings. The number of H-pyrrole nitrogens is 1. The maximum atomic E-state index is 11.6. The number of nitrogens with zero attached hydrogens (tertiary/aromatic N) is 1. The Labute approximate surface area is 114 Å². The number of nitrogens with one attached hydrogen (secondary N) is 2. The van der Waals surface area contributed by atoms with E-state index in [1.165, 1.54) is 0 Å². The summed E-state index contributed by atoms with van der Waals surface area (Å²) < 4.78 is 0. The number of rotatable bonds is 2. The van der Waals surface area contributed by atoms with Crippen LogP contribution in [0.25, 0.3) is 0 Å². The van der Waals surface area contributed by atoms with E-state index >= 15 is 0 Å². The Morgan fingerprint density at radius 2 is 1.78 bits per heavy atom. The molecule has 1 aromatic heterocycles. The third kappa shape index (κ3) is 2.83. The molecule has 2 N–H and O–H groups in total. The molecule has 0 atom stereocenters. The Hall–Kier alpha value is -1.52. The molecular weight excluding hydrogens is 273 g/mol. The highest BCUT2D eigenvalue weighted by Crippen LogP contribution is 2.23. The SMILES string of the molecule is Cc1nc(Nc2cc(Cl)cc(Cl)c2)[nH]c(=O)c1C. The minimum Gasteiger partial charge on any atom is -0.326 e. The lowest BCUT2D eigenvalue weighted by molar-refractivity contribution is 1.03. The van der Waals surface area contributed by atoms with Crippen molar-refractivity contribution >= 4 is 34.8 Å². The number of halogens is 2. The quantitative estimate of drug-likeness (QED) is 0.888. The summed E-state index contributed by atoms with van der Waals surface area (Å²) in [6, 6.07) is 5.02. The summed E-state index contributed by atoms with van der Waals surface area (Å²) in [5.74, 6) is 0.362. The highest BCUT2D eigenvalue weighted by molar-refractivity contribution is 6.35. The van der Waals surface area contributed by atoms with Gasteiger partial charge in [0.2, 0.25) is 5.95 Å². The second-order valence-electron chi connectivity index (χ2n) is 3.91. The minimum atomic E-state index is -0.168. The van der Waals surface area contributed by atoms with Crippen LogP contribution < -0.4 is 10.9 Å². The van der Waals surface area contributed by atoms with Crippen LogP contribution in [0.2, 0.25) is 10.0 Å². The van der Waals surface area contributed by atoms with Crippen LogP contribution in [0.3, 0.4) is 0 Å². The van der Waals surface area contributed by atoms with Gasteiger partial charge in [-0.1, -0.05) is 23.2 Å². The Bertz CT molecular complexity index is 632. The summed E-state index contributed by atoms with van der Waals surface area (Å²) in [6.45, 7) is 3.50. The molecule has 0 aliphatic carbocycles. The molecule has 1 aromatic carbocycles. The van der Waals surface area contributed by atoms with Crippen molar-refractivity contribution in [1.82, 2.24) is 9.97 Å². The molecule has 18 heavy (non-hydrogen) atoms. The van der Waals surface area contributed by atoms with E-state index in [4.69, 9.17) is 23.2 Å². The standard InChI is InChI=1S/C12H11Cl2N3O/c1-6-7(2)15-12(17-11(6)18)16-10-4-8(13)3-9(14)5-10/h3-5H,1-2H3,(H2,15,16,17,18). The van der Waals surface area contributed by atoms with Crippen LogP contribution in [-0.2, 0) is 0 Å². The molecule has 2 aromatic rings. The first kappa shape index (κ1) is 12.9. The van der Waals surface area contributed by atoms with Gasteiger partial charge in [-0.3, -0.25) is 9.78 Å². The van der Waals surface area contributed by atoms with Crippen molar-refractivity contribution in [2.24, 2.45) is 0 Å². The van der Waals surface area contributed by atoms with E-state index in [0.717, 1.165) is 0 Å². The van der Waals surface area contributed by atoms with Gasteiger partial charge in [0.1, 0.15) is 0 Å². The largest absolute Gasteiger partial charge is 0.326 e. The highest BCUT2D eigenvalue weighted by Gasteiger charge is 2.05. The van der Waals surface area contributed by atoms with E-state index in [-0.39, 0.29) is 5.56 Å². The molecule has 0 spiro atoms. The maximum absolute atomic E-state index is 11.6. The molecule has 4 nitrogen and oxygen atoms in total. The van der Waals surface area contributed by atoms with E-state index < -0.39 is 0 Å². The summed E-state index contributed by atoms with van der Waals surface area (Å²) >= 11 is 11.8. The molecule has 0 unspecified atom stereocenters. The van der Waals surface area contributed by atoms with Crippen molar-refractivity contribution in [3.63, 3.8) is 0 Å². The van der Waals surface area contributed by atoms with Gasteiger partial charge >= 0.3 is 0 Å². The molecule has 0 saturated heterocycles. The van der Waals surface area contributed by atoms with E-state index in [1.807, 2.05) is 0 Å². The molecule has 0 saturated carbocycles. The number of benzene rings is 1. The van der Waals surface area contributed by atoms with Crippen LogP contribution in [0.5, 0.6) is 0 Å². The number of anilines is 2. The molecule has 0 bridgehead atoms. The Kier molecular flexibility index (Phi) is 3.59. The molecule has 94 valence electrons. The second-order valence-corrected chi connectivity index (χ2v) is 4.78. The zero-order chi connectivity index (χ0) is 13.3. The van der Waals surface area contributed by atoms with Crippen LogP contribution >= 0.6 is 23.2 Å². The third-order valence-corrected chi connectivity index (χ3v) is 2.96. The summed E-state index contributed by atoms with van der Waals surface area (Å²) in [7, 11) is 0. The van der Waals surface area contributed by atoms with E-state index in [1.54, 1.807) is 32.0 Å². The smallest absolute Gasteiger partial charge is 0.255 e. The molecule has 6 heteroatoms. The highest BCUT2D eigenvalue weighted by atomic mass is 35.5. The van der Waals surface area contributed by atoms with Gasteiger partial charge in [-0.15, -0.1) is 0 Å².